The maximum Gasteiger partial charge on any atom is 0.276 e. The zero-order valence-corrected chi connectivity index (χ0v) is 13.9. The lowest BCUT2D eigenvalue weighted by Crippen LogP contribution is -2.32. The van der Waals surface area contributed by atoms with Gasteiger partial charge < -0.3 is 9.42 Å². The molecule has 1 fully saturated rings. The van der Waals surface area contributed by atoms with Crippen LogP contribution in [-0.4, -0.2) is 29.1 Å². The molecule has 1 saturated heterocycles. The van der Waals surface area contributed by atoms with E-state index in [0.29, 0.717) is 11.6 Å². The van der Waals surface area contributed by atoms with Gasteiger partial charge in [-0.15, -0.1) is 0 Å². The van der Waals surface area contributed by atoms with E-state index in [1.807, 2.05) is 24.8 Å². The number of hydrogen-bond donors (Lipinski definition) is 0. The Morgan fingerprint density at radius 3 is 2.70 bits per heavy atom. The van der Waals surface area contributed by atoms with E-state index in [4.69, 9.17) is 4.52 Å². The highest BCUT2D eigenvalue weighted by Gasteiger charge is 2.24. The average Bonchev–Trinajstić information content (AvgIpc) is 2.94. The van der Waals surface area contributed by atoms with Crippen LogP contribution < -0.4 is 0 Å². The van der Waals surface area contributed by atoms with Crippen molar-refractivity contribution in [3.63, 3.8) is 0 Å². The molecule has 1 amide bonds. The van der Waals surface area contributed by atoms with E-state index in [1.165, 1.54) is 5.56 Å². The van der Waals surface area contributed by atoms with Crippen LogP contribution in [0.5, 0.6) is 0 Å². The zero-order valence-electron chi connectivity index (χ0n) is 13.9. The summed E-state index contributed by atoms with van der Waals surface area (Å²) in [5.41, 5.74) is 1.82. The molecule has 1 aliphatic rings. The maximum absolute atomic E-state index is 12.6. The van der Waals surface area contributed by atoms with Crippen molar-refractivity contribution < 1.29 is 9.32 Å². The number of rotatable bonds is 3. The minimum absolute atomic E-state index is 0.00522. The van der Waals surface area contributed by atoms with E-state index in [9.17, 15) is 4.79 Å². The summed E-state index contributed by atoms with van der Waals surface area (Å²) in [6.07, 6.45) is 3.16. The molecule has 1 aromatic carbocycles. The molecular weight excluding hydrogens is 288 g/mol. The predicted molar refractivity (Wildman–Crippen MR) is 89.5 cm³/mol. The van der Waals surface area contributed by atoms with Crippen LogP contribution in [0.1, 0.15) is 66.8 Å². The number of likely N-dealkylation sites (tertiary alicyclic amines) is 1. The van der Waals surface area contributed by atoms with Crippen molar-refractivity contribution in [1.82, 2.24) is 10.1 Å². The molecule has 0 bridgehead atoms. The summed E-state index contributed by atoms with van der Waals surface area (Å²) >= 11 is 0. The number of carbonyl (C=O) groups is 1. The van der Waals surface area contributed by atoms with Gasteiger partial charge in [-0.1, -0.05) is 49.3 Å². The smallest absolute Gasteiger partial charge is 0.276 e. The van der Waals surface area contributed by atoms with Crippen molar-refractivity contribution >= 4 is 5.91 Å². The highest BCUT2D eigenvalue weighted by atomic mass is 16.5. The SMILES string of the molecule is CC(C)c1cc(C(=O)N2CCC[C@H](c3ccccc3)CC2)no1. The minimum atomic E-state index is -0.00522. The maximum atomic E-state index is 12.6. The Labute approximate surface area is 137 Å². The molecule has 1 aliphatic heterocycles. The molecule has 2 heterocycles. The molecule has 1 aromatic heterocycles. The quantitative estimate of drug-likeness (QED) is 0.853. The lowest BCUT2D eigenvalue weighted by molar-refractivity contribution is 0.0750. The third kappa shape index (κ3) is 3.63. The number of nitrogens with zero attached hydrogens (tertiary/aromatic N) is 2. The van der Waals surface area contributed by atoms with E-state index in [2.05, 4.69) is 29.4 Å². The summed E-state index contributed by atoms with van der Waals surface area (Å²) in [6.45, 7) is 5.64. The predicted octanol–water partition coefficient (Wildman–Crippen LogP) is 4.21. The van der Waals surface area contributed by atoms with Gasteiger partial charge >= 0.3 is 0 Å². The largest absolute Gasteiger partial charge is 0.360 e. The van der Waals surface area contributed by atoms with Crippen molar-refractivity contribution in [2.45, 2.75) is 44.9 Å². The van der Waals surface area contributed by atoms with Crippen molar-refractivity contribution in [3.05, 3.63) is 53.4 Å². The van der Waals surface area contributed by atoms with E-state index < -0.39 is 0 Å². The molecule has 0 radical (unpaired) electrons. The molecule has 122 valence electrons. The fraction of sp³-hybridized carbons (Fsp3) is 0.474. The third-order valence-corrected chi connectivity index (χ3v) is 4.60. The summed E-state index contributed by atoms with van der Waals surface area (Å²) in [6, 6.07) is 12.4. The van der Waals surface area contributed by atoms with Gasteiger partial charge in [0.1, 0.15) is 5.76 Å². The highest BCUT2D eigenvalue weighted by Crippen LogP contribution is 2.28. The lowest BCUT2D eigenvalue weighted by Gasteiger charge is -2.19. The summed E-state index contributed by atoms with van der Waals surface area (Å²) in [5.74, 6) is 1.55. The number of carbonyl (C=O) groups excluding carboxylic acids is 1. The van der Waals surface area contributed by atoms with Gasteiger partial charge in [-0.2, -0.15) is 0 Å². The average molecular weight is 312 g/mol. The molecular formula is C19H24N2O2. The Morgan fingerprint density at radius 1 is 1.22 bits per heavy atom. The van der Waals surface area contributed by atoms with Gasteiger partial charge in [-0.25, -0.2) is 0 Å². The molecule has 2 aromatic rings. The van der Waals surface area contributed by atoms with Crippen LogP contribution in [0.3, 0.4) is 0 Å². The standard InChI is InChI=1S/C19H24N2O2/c1-14(2)18-13-17(20-23-18)19(22)21-11-6-9-16(10-12-21)15-7-4-3-5-8-15/h3-5,7-8,13-14,16H,6,9-12H2,1-2H3/t16-/m0/s1. The van der Waals surface area contributed by atoms with Crippen molar-refractivity contribution in [3.8, 4) is 0 Å². The lowest BCUT2D eigenvalue weighted by atomic mass is 9.92. The van der Waals surface area contributed by atoms with E-state index >= 15 is 0 Å². The summed E-state index contributed by atoms with van der Waals surface area (Å²) in [5, 5.41) is 3.95. The summed E-state index contributed by atoms with van der Waals surface area (Å²) in [4.78, 5) is 14.6. The van der Waals surface area contributed by atoms with E-state index in [0.717, 1.165) is 38.1 Å². The number of amides is 1. The molecule has 0 N–H and O–H groups in total. The molecule has 23 heavy (non-hydrogen) atoms. The second kappa shape index (κ2) is 6.99. The van der Waals surface area contributed by atoms with Crippen LogP contribution in [0.2, 0.25) is 0 Å². The van der Waals surface area contributed by atoms with Gasteiger partial charge in [0, 0.05) is 25.1 Å². The monoisotopic (exact) mass is 312 g/mol. The van der Waals surface area contributed by atoms with Crippen LogP contribution >= 0.6 is 0 Å². The Morgan fingerprint density at radius 2 is 2.00 bits per heavy atom. The molecule has 0 spiro atoms. The fourth-order valence-corrected chi connectivity index (χ4v) is 3.18. The van der Waals surface area contributed by atoms with Crippen LogP contribution in [0, 0.1) is 0 Å². The molecule has 0 unspecified atom stereocenters. The third-order valence-electron chi connectivity index (χ3n) is 4.60. The minimum Gasteiger partial charge on any atom is -0.360 e. The molecule has 1 atom stereocenters. The van der Waals surface area contributed by atoms with Crippen molar-refractivity contribution in [2.75, 3.05) is 13.1 Å². The fourth-order valence-electron chi connectivity index (χ4n) is 3.18. The van der Waals surface area contributed by atoms with E-state index in [1.54, 1.807) is 6.07 Å². The normalized spacial score (nSPS) is 18.9. The van der Waals surface area contributed by atoms with Gasteiger partial charge in [0.2, 0.25) is 0 Å². The van der Waals surface area contributed by atoms with Crippen LogP contribution in [0.15, 0.2) is 40.9 Å². The van der Waals surface area contributed by atoms with Gasteiger partial charge in [-0.3, -0.25) is 4.79 Å². The first-order valence-corrected chi connectivity index (χ1v) is 8.46. The second-order valence-electron chi connectivity index (χ2n) is 6.60. The van der Waals surface area contributed by atoms with Crippen LogP contribution in [0.4, 0.5) is 0 Å². The topological polar surface area (TPSA) is 46.3 Å². The van der Waals surface area contributed by atoms with Crippen molar-refractivity contribution in [2.24, 2.45) is 0 Å². The highest BCUT2D eigenvalue weighted by molar-refractivity contribution is 5.92. The van der Waals surface area contributed by atoms with Gasteiger partial charge in [0.05, 0.1) is 0 Å². The molecule has 0 aliphatic carbocycles. The number of benzene rings is 1. The first kappa shape index (κ1) is 15.8. The van der Waals surface area contributed by atoms with Crippen LogP contribution in [0.25, 0.3) is 0 Å². The molecule has 4 heteroatoms. The first-order valence-electron chi connectivity index (χ1n) is 8.46. The molecule has 0 saturated carbocycles. The molecule has 3 rings (SSSR count). The first-order chi connectivity index (χ1) is 11.1. The molecule has 4 nitrogen and oxygen atoms in total. The Hall–Kier alpha value is -2.10. The van der Waals surface area contributed by atoms with Crippen LogP contribution in [-0.2, 0) is 0 Å². The summed E-state index contributed by atoms with van der Waals surface area (Å²) in [7, 11) is 0. The van der Waals surface area contributed by atoms with Gasteiger partial charge in [0.25, 0.3) is 5.91 Å². The Balaban J connectivity index is 1.66. The number of hydrogen-bond acceptors (Lipinski definition) is 3. The van der Waals surface area contributed by atoms with E-state index in [-0.39, 0.29) is 11.8 Å². The summed E-state index contributed by atoms with van der Waals surface area (Å²) < 4.78 is 5.26. The number of aromatic nitrogens is 1. The Bertz CT molecular complexity index is 648. The van der Waals surface area contributed by atoms with Crippen molar-refractivity contribution in [1.29, 1.82) is 0 Å². The Kier molecular flexibility index (Phi) is 4.79. The zero-order chi connectivity index (χ0) is 16.2. The van der Waals surface area contributed by atoms with Gasteiger partial charge in [-0.05, 0) is 30.7 Å². The van der Waals surface area contributed by atoms with Gasteiger partial charge in [0.15, 0.2) is 5.69 Å². The second-order valence-corrected chi connectivity index (χ2v) is 6.60.